The van der Waals surface area contributed by atoms with Gasteiger partial charge in [-0.05, 0) is 70.6 Å². The first kappa shape index (κ1) is 30.9. The van der Waals surface area contributed by atoms with E-state index in [9.17, 15) is 15.3 Å². The van der Waals surface area contributed by atoms with Crippen LogP contribution in [0.1, 0.15) is 151 Å². The zero-order chi connectivity index (χ0) is 29.1. The van der Waals surface area contributed by atoms with Gasteiger partial charge >= 0.3 is 0 Å². The highest BCUT2D eigenvalue weighted by Crippen LogP contribution is 2.43. The van der Waals surface area contributed by atoms with Crippen molar-refractivity contribution in [2.24, 2.45) is 0 Å². The summed E-state index contributed by atoms with van der Waals surface area (Å²) in [5.74, 6) is 1.68. The lowest BCUT2D eigenvalue weighted by Crippen LogP contribution is -2.27. The summed E-state index contributed by atoms with van der Waals surface area (Å²) in [6.07, 6.45) is 12.0. The van der Waals surface area contributed by atoms with E-state index in [1.54, 1.807) is 0 Å². The second-order valence-electron chi connectivity index (χ2n) is 14.8. The number of hydrogen-bond acceptors (Lipinski definition) is 4. The van der Waals surface area contributed by atoms with E-state index in [0.717, 1.165) is 47.9 Å². The minimum Gasteiger partial charge on any atom is -0.507 e. The van der Waals surface area contributed by atoms with Crippen LogP contribution in [0, 0.1) is 0 Å². The molecule has 222 valence electrons. The summed E-state index contributed by atoms with van der Waals surface area (Å²) in [5.41, 5.74) is 6.51. The van der Waals surface area contributed by atoms with Gasteiger partial charge in [-0.25, -0.2) is 0 Å². The SMILES string of the molecule is CC(C)(C)c1cc(CN(CCO)Cc2cc(C(C)(C)C)cc(C3CCCCC3)c2O)c(O)c(C2CCCCC2)c1. The van der Waals surface area contributed by atoms with Gasteiger partial charge in [0, 0.05) is 30.8 Å². The summed E-state index contributed by atoms with van der Waals surface area (Å²) in [6.45, 7) is 15.0. The maximum Gasteiger partial charge on any atom is 0.123 e. The number of phenolic OH excluding ortho intramolecular Hbond substituents is 2. The Morgan fingerprint density at radius 3 is 1.32 bits per heavy atom. The molecule has 2 aromatic rings. The lowest BCUT2D eigenvalue weighted by Gasteiger charge is -2.31. The molecule has 2 saturated carbocycles. The fraction of sp³-hybridized carbons (Fsp3) is 0.667. The largest absolute Gasteiger partial charge is 0.507 e. The number of phenols is 2. The van der Waals surface area contributed by atoms with Crippen LogP contribution in [-0.2, 0) is 23.9 Å². The molecule has 40 heavy (non-hydrogen) atoms. The number of aromatic hydroxyl groups is 2. The summed E-state index contributed by atoms with van der Waals surface area (Å²) < 4.78 is 0. The molecule has 0 unspecified atom stereocenters. The molecule has 3 N–H and O–H groups in total. The smallest absolute Gasteiger partial charge is 0.123 e. The van der Waals surface area contributed by atoms with Crippen LogP contribution < -0.4 is 0 Å². The molecule has 4 nitrogen and oxygen atoms in total. The molecule has 0 spiro atoms. The summed E-state index contributed by atoms with van der Waals surface area (Å²) in [4.78, 5) is 2.19. The molecular weight excluding hydrogens is 494 g/mol. The number of benzene rings is 2. The average molecular weight is 550 g/mol. The number of nitrogens with zero attached hydrogens (tertiary/aromatic N) is 1. The Bertz CT molecular complexity index is 1040. The number of hydrogen-bond donors (Lipinski definition) is 3. The third-order valence-electron chi connectivity index (χ3n) is 9.46. The molecule has 0 heterocycles. The normalized spacial score (nSPS) is 18.0. The van der Waals surface area contributed by atoms with Crippen molar-refractivity contribution in [1.29, 1.82) is 0 Å². The van der Waals surface area contributed by atoms with Gasteiger partial charge < -0.3 is 15.3 Å². The van der Waals surface area contributed by atoms with E-state index < -0.39 is 0 Å². The van der Waals surface area contributed by atoms with Crippen LogP contribution in [0.5, 0.6) is 11.5 Å². The van der Waals surface area contributed by atoms with Crippen molar-refractivity contribution in [1.82, 2.24) is 4.90 Å². The minimum absolute atomic E-state index is 0.0259. The van der Waals surface area contributed by atoms with E-state index in [1.807, 2.05) is 0 Å². The van der Waals surface area contributed by atoms with Gasteiger partial charge in [0.2, 0.25) is 0 Å². The van der Waals surface area contributed by atoms with Crippen LogP contribution >= 0.6 is 0 Å². The van der Waals surface area contributed by atoms with Crippen molar-refractivity contribution in [3.05, 3.63) is 57.6 Å². The highest BCUT2D eigenvalue weighted by atomic mass is 16.3. The standard InChI is InChI=1S/C36H55NO3/c1-35(2,3)29-19-27(33(39)31(21-29)25-13-9-7-10-14-25)23-37(17-18-38)24-28-20-30(36(4,5)6)22-32(34(28)40)26-15-11-8-12-16-26/h19-22,25-26,38-40H,7-18,23-24H2,1-6H3. The fourth-order valence-corrected chi connectivity index (χ4v) is 6.83. The van der Waals surface area contributed by atoms with Crippen molar-refractivity contribution in [2.45, 2.75) is 142 Å². The zero-order valence-electron chi connectivity index (χ0n) is 26.2. The van der Waals surface area contributed by atoms with Gasteiger partial charge in [0.05, 0.1) is 6.61 Å². The predicted octanol–water partition coefficient (Wildman–Crippen LogP) is 8.78. The second-order valence-corrected chi connectivity index (χ2v) is 14.8. The number of aliphatic hydroxyl groups is 1. The minimum atomic E-state index is -0.0259. The molecule has 0 saturated heterocycles. The Kier molecular flexibility index (Phi) is 9.94. The average Bonchev–Trinajstić information content (AvgIpc) is 2.90. The van der Waals surface area contributed by atoms with Gasteiger partial charge in [-0.1, -0.05) is 104 Å². The summed E-state index contributed by atoms with van der Waals surface area (Å²) >= 11 is 0. The number of aliphatic hydroxyl groups excluding tert-OH is 1. The van der Waals surface area contributed by atoms with Gasteiger partial charge in [-0.3, -0.25) is 4.90 Å². The van der Waals surface area contributed by atoms with E-state index in [1.165, 1.54) is 49.7 Å². The van der Waals surface area contributed by atoms with Gasteiger partial charge in [-0.2, -0.15) is 0 Å². The molecule has 2 aromatic carbocycles. The van der Waals surface area contributed by atoms with Gasteiger partial charge in [0.1, 0.15) is 11.5 Å². The highest BCUT2D eigenvalue weighted by molar-refractivity contribution is 5.49. The van der Waals surface area contributed by atoms with E-state index in [0.29, 0.717) is 43.0 Å². The molecule has 4 rings (SSSR count). The first-order valence-corrected chi connectivity index (χ1v) is 15.9. The summed E-state index contributed by atoms with van der Waals surface area (Å²) in [6, 6.07) is 8.84. The molecular formula is C36H55NO3. The third-order valence-corrected chi connectivity index (χ3v) is 9.46. The maximum absolute atomic E-state index is 11.6. The van der Waals surface area contributed by atoms with Crippen molar-refractivity contribution in [2.75, 3.05) is 13.2 Å². The monoisotopic (exact) mass is 549 g/mol. The van der Waals surface area contributed by atoms with Crippen LogP contribution in [-0.4, -0.2) is 33.4 Å². The molecule has 2 aliphatic rings. The van der Waals surface area contributed by atoms with Crippen LogP contribution in [0.15, 0.2) is 24.3 Å². The fourth-order valence-electron chi connectivity index (χ4n) is 6.83. The number of rotatable bonds is 8. The quantitative estimate of drug-likeness (QED) is 0.308. The Morgan fingerprint density at radius 1 is 0.625 bits per heavy atom. The van der Waals surface area contributed by atoms with Gasteiger partial charge in [0.15, 0.2) is 0 Å². The molecule has 2 aliphatic carbocycles. The molecule has 2 fully saturated rings. The predicted molar refractivity (Wildman–Crippen MR) is 166 cm³/mol. The topological polar surface area (TPSA) is 63.9 Å². The Labute approximate surface area is 243 Å². The van der Waals surface area contributed by atoms with Crippen LogP contribution in [0.3, 0.4) is 0 Å². The molecule has 0 bridgehead atoms. The van der Waals surface area contributed by atoms with E-state index in [-0.39, 0.29) is 17.4 Å². The van der Waals surface area contributed by atoms with Crippen LogP contribution in [0.2, 0.25) is 0 Å². The van der Waals surface area contributed by atoms with Crippen LogP contribution in [0.25, 0.3) is 0 Å². The molecule has 4 heteroatoms. The summed E-state index contributed by atoms with van der Waals surface area (Å²) in [7, 11) is 0. The van der Waals surface area contributed by atoms with Crippen molar-refractivity contribution in [3.63, 3.8) is 0 Å². The molecule has 0 aromatic heterocycles. The van der Waals surface area contributed by atoms with Crippen molar-refractivity contribution in [3.8, 4) is 11.5 Å². The zero-order valence-corrected chi connectivity index (χ0v) is 26.2. The van der Waals surface area contributed by atoms with Gasteiger partial charge in [0.25, 0.3) is 0 Å². The van der Waals surface area contributed by atoms with Gasteiger partial charge in [-0.15, -0.1) is 0 Å². The Balaban J connectivity index is 1.71. The Morgan fingerprint density at radius 2 is 1.00 bits per heavy atom. The molecule has 0 amide bonds. The lowest BCUT2D eigenvalue weighted by molar-refractivity contribution is 0.181. The molecule has 0 radical (unpaired) electrons. The first-order chi connectivity index (χ1) is 18.9. The van der Waals surface area contributed by atoms with Crippen molar-refractivity contribution >= 4 is 0 Å². The maximum atomic E-state index is 11.6. The van der Waals surface area contributed by atoms with E-state index in [2.05, 4.69) is 70.7 Å². The first-order valence-electron chi connectivity index (χ1n) is 15.9. The van der Waals surface area contributed by atoms with Crippen LogP contribution in [0.4, 0.5) is 0 Å². The second kappa shape index (κ2) is 12.9. The molecule has 0 aliphatic heterocycles. The molecule has 0 atom stereocenters. The Hall–Kier alpha value is -2.04. The lowest BCUT2D eigenvalue weighted by atomic mass is 9.78. The van der Waals surface area contributed by atoms with E-state index in [4.69, 9.17) is 0 Å². The highest BCUT2D eigenvalue weighted by Gasteiger charge is 2.27. The summed E-state index contributed by atoms with van der Waals surface area (Å²) in [5, 5.41) is 33.2. The van der Waals surface area contributed by atoms with E-state index >= 15 is 0 Å². The van der Waals surface area contributed by atoms with Crippen molar-refractivity contribution < 1.29 is 15.3 Å². The third kappa shape index (κ3) is 7.42.